The number of benzene rings is 1. The minimum Gasteiger partial charge on any atom is -0.378 e. The van der Waals surface area contributed by atoms with Gasteiger partial charge in [0, 0.05) is 31.6 Å². The zero-order chi connectivity index (χ0) is 18.3. The van der Waals surface area contributed by atoms with E-state index in [1.165, 1.54) is 0 Å². The summed E-state index contributed by atoms with van der Waals surface area (Å²) in [6.07, 6.45) is 0.386. The molecule has 140 valence electrons. The minimum absolute atomic E-state index is 0.0317. The quantitative estimate of drug-likeness (QED) is 0.620. The van der Waals surface area contributed by atoms with Crippen molar-refractivity contribution in [2.24, 2.45) is 0 Å². The average molecular weight is 369 g/mol. The van der Waals surface area contributed by atoms with Gasteiger partial charge in [-0.2, -0.15) is 0 Å². The molecule has 8 heteroatoms. The highest BCUT2D eigenvalue weighted by Gasteiger charge is 2.16. The van der Waals surface area contributed by atoms with Crippen molar-refractivity contribution in [3.05, 3.63) is 35.4 Å². The third-order valence-electron chi connectivity index (χ3n) is 3.71. The maximum atomic E-state index is 11.9. The van der Waals surface area contributed by atoms with Gasteiger partial charge in [0.2, 0.25) is 15.9 Å². The van der Waals surface area contributed by atoms with Gasteiger partial charge in [-0.05, 0) is 25.0 Å². The Morgan fingerprint density at radius 3 is 2.56 bits per heavy atom. The van der Waals surface area contributed by atoms with Gasteiger partial charge in [0.1, 0.15) is 0 Å². The van der Waals surface area contributed by atoms with Crippen LogP contribution in [0.3, 0.4) is 0 Å². The number of carbonyl (C=O) groups excluding carboxylic acids is 1. The summed E-state index contributed by atoms with van der Waals surface area (Å²) >= 11 is 0. The second-order valence-electron chi connectivity index (χ2n) is 6.55. The molecule has 3 N–H and O–H groups in total. The number of hydrogen-bond donors (Lipinski definition) is 3. The summed E-state index contributed by atoms with van der Waals surface area (Å²) < 4.78 is 31.7. The molecule has 1 unspecified atom stereocenters. The molecule has 1 amide bonds. The summed E-state index contributed by atoms with van der Waals surface area (Å²) in [7, 11) is -3.33. The molecular formula is C17H27N3O4S. The van der Waals surface area contributed by atoms with Crippen LogP contribution in [0.5, 0.6) is 0 Å². The van der Waals surface area contributed by atoms with E-state index in [1.54, 1.807) is 26.0 Å². The Kier molecular flexibility index (Phi) is 7.37. The lowest BCUT2D eigenvalue weighted by Gasteiger charge is -2.23. The highest BCUT2D eigenvalue weighted by atomic mass is 32.2. The molecule has 0 radical (unpaired) electrons. The number of ether oxygens (including phenoxy) is 1. The SMILES string of the molecule is CC(C)NS(=O)(=O)Cc1ccc(CNC(=O)CC2COCCN2)cc1. The number of morpholine rings is 1. The van der Waals surface area contributed by atoms with Crippen LogP contribution in [-0.4, -0.2) is 46.2 Å². The van der Waals surface area contributed by atoms with E-state index in [4.69, 9.17) is 4.74 Å². The van der Waals surface area contributed by atoms with E-state index in [1.807, 2.05) is 12.1 Å². The standard InChI is InChI=1S/C17H27N3O4S/c1-13(2)20-25(22,23)12-15-5-3-14(4-6-15)10-19-17(21)9-16-11-24-8-7-18-16/h3-6,13,16,18,20H,7-12H2,1-2H3,(H,19,21). The van der Waals surface area contributed by atoms with Crippen molar-refractivity contribution >= 4 is 15.9 Å². The molecule has 1 aliphatic rings. The molecule has 1 saturated heterocycles. The van der Waals surface area contributed by atoms with Crippen LogP contribution in [-0.2, 0) is 31.9 Å². The number of hydrogen-bond acceptors (Lipinski definition) is 5. The Morgan fingerprint density at radius 2 is 1.96 bits per heavy atom. The lowest BCUT2D eigenvalue weighted by molar-refractivity contribution is -0.122. The highest BCUT2D eigenvalue weighted by Crippen LogP contribution is 2.08. The van der Waals surface area contributed by atoms with Gasteiger partial charge in [-0.15, -0.1) is 0 Å². The minimum atomic E-state index is -3.33. The molecule has 0 bridgehead atoms. The third kappa shape index (κ3) is 7.52. The summed E-state index contributed by atoms with van der Waals surface area (Å²) in [6, 6.07) is 7.17. The second kappa shape index (κ2) is 9.28. The van der Waals surface area contributed by atoms with Crippen molar-refractivity contribution in [3.8, 4) is 0 Å². The molecule has 7 nitrogen and oxygen atoms in total. The van der Waals surface area contributed by atoms with Gasteiger partial charge in [0.05, 0.1) is 19.0 Å². The van der Waals surface area contributed by atoms with Crippen molar-refractivity contribution in [2.45, 2.75) is 44.6 Å². The monoisotopic (exact) mass is 369 g/mol. The van der Waals surface area contributed by atoms with Crippen LogP contribution < -0.4 is 15.4 Å². The van der Waals surface area contributed by atoms with Crippen LogP contribution >= 0.6 is 0 Å². The van der Waals surface area contributed by atoms with Crippen LogP contribution in [0, 0.1) is 0 Å². The van der Waals surface area contributed by atoms with Crippen molar-refractivity contribution in [3.63, 3.8) is 0 Å². The maximum absolute atomic E-state index is 11.9. The smallest absolute Gasteiger partial charge is 0.221 e. The van der Waals surface area contributed by atoms with Crippen molar-refractivity contribution in [1.29, 1.82) is 0 Å². The number of rotatable bonds is 8. The lowest BCUT2D eigenvalue weighted by Crippen LogP contribution is -2.44. The molecule has 0 spiro atoms. The van der Waals surface area contributed by atoms with E-state index < -0.39 is 10.0 Å². The predicted octanol–water partition coefficient (Wildman–Crippen LogP) is 0.509. The van der Waals surface area contributed by atoms with E-state index in [0.29, 0.717) is 31.7 Å². The molecule has 1 fully saturated rings. The molecule has 1 heterocycles. The second-order valence-corrected chi connectivity index (χ2v) is 8.31. The number of carbonyl (C=O) groups is 1. The van der Waals surface area contributed by atoms with E-state index in [0.717, 1.165) is 12.1 Å². The molecule has 1 aromatic carbocycles. The first-order valence-corrected chi connectivity index (χ1v) is 10.1. The van der Waals surface area contributed by atoms with Crippen molar-refractivity contribution in [2.75, 3.05) is 19.8 Å². The van der Waals surface area contributed by atoms with Crippen LogP contribution in [0.4, 0.5) is 0 Å². The van der Waals surface area contributed by atoms with Gasteiger partial charge in [0.15, 0.2) is 0 Å². The molecule has 1 atom stereocenters. The van der Waals surface area contributed by atoms with Gasteiger partial charge in [0.25, 0.3) is 0 Å². The van der Waals surface area contributed by atoms with Crippen molar-refractivity contribution < 1.29 is 17.9 Å². The first-order valence-electron chi connectivity index (χ1n) is 8.50. The number of nitrogens with one attached hydrogen (secondary N) is 3. The van der Waals surface area contributed by atoms with Gasteiger partial charge >= 0.3 is 0 Å². The Morgan fingerprint density at radius 1 is 1.28 bits per heavy atom. The third-order valence-corrected chi connectivity index (χ3v) is 5.26. The summed E-state index contributed by atoms with van der Waals surface area (Å²) in [5.41, 5.74) is 1.64. The first-order chi connectivity index (χ1) is 11.8. The molecule has 25 heavy (non-hydrogen) atoms. The molecule has 2 rings (SSSR count). The largest absolute Gasteiger partial charge is 0.378 e. The van der Waals surface area contributed by atoms with Crippen LogP contribution in [0.1, 0.15) is 31.4 Å². The molecule has 0 aromatic heterocycles. The van der Waals surface area contributed by atoms with Gasteiger partial charge < -0.3 is 15.4 Å². The van der Waals surface area contributed by atoms with Crippen LogP contribution in [0.2, 0.25) is 0 Å². The highest BCUT2D eigenvalue weighted by molar-refractivity contribution is 7.88. The Hall–Kier alpha value is -1.48. The fourth-order valence-electron chi connectivity index (χ4n) is 2.62. The summed E-state index contributed by atoms with van der Waals surface area (Å²) in [5, 5.41) is 6.12. The average Bonchev–Trinajstić information content (AvgIpc) is 2.53. The van der Waals surface area contributed by atoms with Crippen molar-refractivity contribution in [1.82, 2.24) is 15.4 Å². The van der Waals surface area contributed by atoms with E-state index in [2.05, 4.69) is 15.4 Å². The van der Waals surface area contributed by atoms with Gasteiger partial charge in [-0.25, -0.2) is 13.1 Å². The summed E-state index contributed by atoms with van der Waals surface area (Å²) in [5.74, 6) is -0.0821. The lowest BCUT2D eigenvalue weighted by atomic mass is 10.1. The molecule has 0 saturated carbocycles. The van der Waals surface area contributed by atoms with Crippen LogP contribution in [0.25, 0.3) is 0 Å². The molecule has 0 aliphatic carbocycles. The van der Waals surface area contributed by atoms with E-state index in [-0.39, 0.29) is 23.7 Å². The number of amides is 1. The Balaban J connectivity index is 1.78. The molecule has 1 aliphatic heterocycles. The molecule has 1 aromatic rings. The Labute approximate surface area is 149 Å². The van der Waals surface area contributed by atoms with Crippen LogP contribution in [0.15, 0.2) is 24.3 Å². The summed E-state index contributed by atoms with van der Waals surface area (Å²) in [6.45, 7) is 6.02. The normalized spacial score (nSPS) is 18.3. The van der Waals surface area contributed by atoms with E-state index >= 15 is 0 Å². The zero-order valence-electron chi connectivity index (χ0n) is 14.7. The number of sulfonamides is 1. The van der Waals surface area contributed by atoms with Gasteiger partial charge in [-0.1, -0.05) is 24.3 Å². The fourth-order valence-corrected chi connectivity index (χ4v) is 4.05. The fraction of sp³-hybridized carbons (Fsp3) is 0.588. The first kappa shape index (κ1) is 19.8. The van der Waals surface area contributed by atoms with Gasteiger partial charge in [-0.3, -0.25) is 4.79 Å². The predicted molar refractivity (Wildman–Crippen MR) is 96.4 cm³/mol. The topological polar surface area (TPSA) is 96.5 Å². The zero-order valence-corrected chi connectivity index (χ0v) is 15.6. The summed E-state index contributed by atoms with van der Waals surface area (Å²) in [4.78, 5) is 11.9. The maximum Gasteiger partial charge on any atom is 0.221 e. The van der Waals surface area contributed by atoms with E-state index in [9.17, 15) is 13.2 Å². The Bertz CT molecular complexity index is 653. The molecular weight excluding hydrogens is 342 g/mol.